The predicted molar refractivity (Wildman–Crippen MR) is 101 cm³/mol. The highest BCUT2D eigenvalue weighted by atomic mass is 32.2. The van der Waals surface area contributed by atoms with Gasteiger partial charge in [0.15, 0.2) is 9.84 Å². The van der Waals surface area contributed by atoms with Crippen molar-refractivity contribution >= 4 is 27.1 Å². The molecule has 0 aliphatic heterocycles. The highest BCUT2D eigenvalue weighted by Crippen LogP contribution is 2.30. The number of non-ortho nitro benzene ring substituents is 1. The van der Waals surface area contributed by atoms with E-state index < -0.39 is 14.8 Å². The summed E-state index contributed by atoms with van der Waals surface area (Å²) >= 11 is 0. The van der Waals surface area contributed by atoms with Crippen LogP contribution in [0.15, 0.2) is 53.4 Å². The van der Waals surface area contributed by atoms with Crippen LogP contribution in [0.25, 0.3) is 0 Å². The number of carbonyl (C=O) groups is 1. The highest BCUT2D eigenvalue weighted by Gasteiger charge is 2.30. The Kier molecular flexibility index (Phi) is 5.55. The molecule has 0 atom stereocenters. The van der Waals surface area contributed by atoms with Gasteiger partial charge in [-0.25, -0.2) is 8.42 Å². The summed E-state index contributed by atoms with van der Waals surface area (Å²) in [6, 6.07) is 12.0. The lowest BCUT2D eigenvalue weighted by Crippen LogP contribution is -2.19. The lowest BCUT2D eigenvalue weighted by Gasteiger charge is -2.12. The highest BCUT2D eigenvalue weighted by molar-refractivity contribution is 7.92. The van der Waals surface area contributed by atoms with Gasteiger partial charge >= 0.3 is 0 Å². The zero-order chi connectivity index (χ0) is 19.4. The van der Waals surface area contributed by atoms with Crippen molar-refractivity contribution in [3.63, 3.8) is 0 Å². The molecule has 0 spiro atoms. The first-order valence-electron chi connectivity index (χ1n) is 8.73. The molecule has 0 heterocycles. The Balaban J connectivity index is 1.68. The third kappa shape index (κ3) is 4.51. The standard InChI is InChI=1S/C19H20N2O5S/c22-19(12-14-8-10-16(11-9-14)21(23)24)20-15-4-3-7-18(13-15)27(25,26)17-5-1-2-6-17/h3-4,7-11,13,17H,1-2,5-6,12H2,(H,20,22). The van der Waals surface area contributed by atoms with Gasteiger partial charge in [-0.1, -0.05) is 31.0 Å². The van der Waals surface area contributed by atoms with Crippen LogP contribution in [0, 0.1) is 10.1 Å². The molecule has 142 valence electrons. The molecule has 3 rings (SSSR count). The van der Waals surface area contributed by atoms with Gasteiger partial charge in [0.2, 0.25) is 5.91 Å². The SMILES string of the molecule is O=C(Cc1ccc([N+](=O)[O-])cc1)Nc1cccc(S(=O)(=O)C2CCCC2)c1. The van der Waals surface area contributed by atoms with Gasteiger partial charge in [0.05, 0.1) is 21.5 Å². The second-order valence-corrected chi connectivity index (χ2v) is 8.86. The molecule has 0 radical (unpaired) electrons. The number of nitro groups is 1. The fraction of sp³-hybridized carbons (Fsp3) is 0.316. The lowest BCUT2D eigenvalue weighted by molar-refractivity contribution is -0.384. The summed E-state index contributed by atoms with van der Waals surface area (Å²) in [5.41, 5.74) is 1.01. The van der Waals surface area contributed by atoms with Crippen LogP contribution in [0.4, 0.5) is 11.4 Å². The van der Waals surface area contributed by atoms with Crippen LogP contribution in [0.2, 0.25) is 0 Å². The number of sulfone groups is 1. The van der Waals surface area contributed by atoms with Crippen molar-refractivity contribution in [1.29, 1.82) is 0 Å². The number of amides is 1. The molecular weight excluding hydrogens is 368 g/mol. The van der Waals surface area contributed by atoms with E-state index in [0.29, 0.717) is 24.1 Å². The first-order chi connectivity index (χ1) is 12.9. The number of nitrogens with zero attached hydrogens (tertiary/aromatic N) is 1. The molecule has 27 heavy (non-hydrogen) atoms. The molecule has 7 nitrogen and oxygen atoms in total. The molecule has 8 heteroatoms. The van der Waals surface area contributed by atoms with Crippen molar-refractivity contribution in [1.82, 2.24) is 0 Å². The first-order valence-corrected chi connectivity index (χ1v) is 10.3. The van der Waals surface area contributed by atoms with Crippen LogP contribution in [0.1, 0.15) is 31.2 Å². The smallest absolute Gasteiger partial charge is 0.269 e. The molecule has 1 N–H and O–H groups in total. The molecule has 0 bridgehead atoms. The fourth-order valence-electron chi connectivity index (χ4n) is 3.27. The molecule has 0 saturated heterocycles. The molecule has 1 saturated carbocycles. The van der Waals surface area contributed by atoms with E-state index >= 15 is 0 Å². The third-order valence-corrected chi connectivity index (χ3v) is 6.96. The molecule has 2 aromatic carbocycles. The summed E-state index contributed by atoms with van der Waals surface area (Å²) in [6.45, 7) is 0. The third-order valence-electron chi connectivity index (χ3n) is 4.70. The predicted octanol–water partition coefficient (Wildman–Crippen LogP) is 3.49. The zero-order valence-electron chi connectivity index (χ0n) is 14.6. The van der Waals surface area contributed by atoms with E-state index in [1.807, 2.05) is 0 Å². The van der Waals surface area contributed by atoms with Crippen molar-refractivity contribution in [2.24, 2.45) is 0 Å². The summed E-state index contributed by atoms with van der Waals surface area (Å²) in [4.78, 5) is 22.6. The van der Waals surface area contributed by atoms with Crippen LogP contribution in [-0.2, 0) is 21.1 Å². The quantitative estimate of drug-likeness (QED) is 0.602. The van der Waals surface area contributed by atoms with Gasteiger partial charge in [-0.05, 0) is 36.6 Å². The maximum Gasteiger partial charge on any atom is 0.269 e. The molecule has 1 aliphatic rings. The number of nitrogens with one attached hydrogen (secondary N) is 1. The fourth-order valence-corrected chi connectivity index (χ4v) is 5.17. The first kappa shape index (κ1) is 19.0. The minimum atomic E-state index is -3.38. The number of hydrogen-bond donors (Lipinski definition) is 1. The Hall–Kier alpha value is -2.74. The Morgan fingerprint density at radius 2 is 1.78 bits per heavy atom. The molecular formula is C19H20N2O5S. The second-order valence-electron chi connectivity index (χ2n) is 6.63. The molecule has 2 aromatic rings. The number of carbonyl (C=O) groups excluding carboxylic acids is 1. The largest absolute Gasteiger partial charge is 0.326 e. The molecule has 0 aromatic heterocycles. The van der Waals surface area contributed by atoms with Crippen LogP contribution < -0.4 is 5.32 Å². The van der Waals surface area contributed by atoms with Crippen LogP contribution in [0.5, 0.6) is 0 Å². The summed E-state index contributed by atoms with van der Waals surface area (Å²) in [6.07, 6.45) is 3.25. The maximum absolute atomic E-state index is 12.7. The van der Waals surface area contributed by atoms with E-state index in [4.69, 9.17) is 0 Å². The minimum absolute atomic E-state index is 0.0380. The van der Waals surface area contributed by atoms with Gasteiger partial charge in [0.25, 0.3) is 5.69 Å². The molecule has 1 aliphatic carbocycles. The zero-order valence-corrected chi connectivity index (χ0v) is 15.4. The van der Waals surface area contributed by atoms with Crippen LogP contribution in [-0.4, -0.2) is 24.5 Å². The summed E-state index contributed by atoms with van der Waals surface area (Å²) < 4.78 is 25.4. The van der Waals surface area contributed by atoms with Gasteiger partial charge in [0, 0.05) is 17.8 Å². The van der Waals surface area contributed by atoms with E-state index in [1.165, 1.54) is 30.3 Å². The van der Waals surface area contributed by atoms with Gasteiger partial charge in [0.1, 0.15) is 0 Å². The molecule has 1 amide bonds. The van der Waals surface area contributed by atoms with Crippen LogP contribution >= 0.6 is 0 Å². The Morgan fingerprint density at radius 1 is 1.11 bits per heavy atom. The van der Waals surface area contributed by atoms with E-state index in [2.05, 4.69) is 5.32 Å². The minimum Gasteiger partial charge on any atom is -0.326 e. The van der Waals surface area contributed by atoms with Gasteiger partial charge < -0.3 is 5.32 Å². The van der Waals surface area contributed by atoms with Crippen molar-refractivity contribution in [3.05, 3.63) is 64.2 Å². The van der Waals surface area contributed by atoms with E-state index in [9.17, 15) is 23.3 Å². The average molecular weight is 388 g/mol. The molecule has 1 fully saturated rings. The van der Waals surface area contributed by atoms with Crippen molar-refractivity contribution < 1.29 is 18.1 Å². The van der Waals surface area contributed by atoms with Crippen molar-refractivity contribution in [2.45, 2.75) is 42.2 Å². The second kappa shape index (κ2) is 7.87. The van der Waals surface area contributed by atoms with Gasteiger partial charge in [-0.15, -0.1) is 0 Å². The average Bonchev–Trinajstić information content (AvgIpc) is 3.18. The Morgan fingerprint density at radius 3 is 2.41 bits per heavy atom. The van der Waals surface area contributed by atoms with Crippen molar-refractivity contribution in [3.8, 4) is 0 Å². The number of rotatable bonds is 6. The number of anilines is 1. The summed E-state index contributed by atoms with van der Waals surface area (Å²) in [7, 11) is -3.38. The van der Waals surface area contributed by atoms with E-state index in [1.54, 1.807) is 18.2 Å². The Bertz CT molecular complexity index is 948. The van der Waals surface area contributed by atoms with Gasteiger partial charge in [-0.2, -0.15) is 0 Å². The monoisotopic (exact) mass is 388 g/mol. The van der Waals surface area contributed by atoms with Crippen LogP contribution in [0.3, 0.4) is 0 Å². The number of benzene rings is 2. The lowest BCUT2D eigenvalue weighted by atomic mass is 10.1. The normalized spacial score (nSPS) is 14.8. The van der Waals surface area contributed by atoms with Gasteiger partial charge in [-0.3, -0.25) is 14.9 Å². The topological polar surface area (TPSA) is 106 Å². The van der Waals surface area contributed by atoms with Crippen molar-refractivity contribution in [2.75, 3.05) is 5.32 Å². The Labute approximate surface area is 157 Å². The molecule has 0 unspecified atom stereocenters. The summed E-state index contributed by atoms with van der Waals surface area (Å²) in [5.74, 6) is -0.320. The van der Waals surface area contributed by atoms with E-state index in [0.717, 1.165) is 12.8 Å². The van der Waals surface area contributed by atoms with E-state index in [-0.39, 0.29) is 28.2 Å². The maximum atomic E-state index is 12.7. The number of hydrogen-bond acceptors (Lipinski definition) is 5. The summed E-state index contributed by atoms with van der Waals surface area (Å²) in [5, 5.41) is 13.0. The number of nitro benzene ring substituents is 1.